The van der Waals surface area contributed by atoms with Crippen molar-refractivity contribution in [3.8, 4) is 0 Å². The van der Waals surface area contributed by atoms with E-state index in [0.717, 1.165) is 24.3 Å². The van der Waals surface area contributed by atoms with Gasteiger partial charge in [0, 0.05) is 33.4 Å². The van der Waals surface area contributed by atoms with Gasteiger partial charge in [-0.1, -0.05) is 11.6 Å². The van der Waals surface area contributed by atoms with E-state index in [1.54, 1.807) is 6.07 Å². The van der Waals surface area contributed by atoms with Crippen molar-refractivity contribution in [2.24, 2.45) is 0 Å². The Bertz CT molecular complexity index is 1430. The van der Waals surface area contributed by atoms with Crippen molar-refractivity contribution in [3.05, 3.63) is 104 Å². The van der Waals surface area contributed by atoms with Crippen LogP contribution in [0.1, 0.15) is 31.8 Å². The summed E-state index contributed by atoms with van der Waals surface area (Å²) >= 11 is 9.55. The number of aromatic nitrogens is 1. The van der Waals surface area contributed by atoms with E-state index < -0.39 is 30.0 Å². The Labute approximate surface area is 199 Å². The first-order valence-electron chi connectivity index (χ1n) is 9.51. The second-order valence-electron chi connectivity index (χ2n) is 7.10. The Hall–Kier alpha value is -3.23. The van der Waals surface area contributed by atoms with Crippen molar-refractivity contribution >= 4 is 55.7 Å². The van der Waals surface area contributed by atoms with E-state index >= 15 is 0 Å². The molecule has 4 nitrogen and oxygen atoms in total. The number of anilines is 1. The van der Waals surface area contributed by atoms with Gasteiger partial charge >= 0.3 is 0 Å². The van der Waals surface area contributed by atoms with E-state index in [2.05, 4.69) is 26.2 Å². The number of pyridine rings is 1. The summed E-state index contributed by atoms with van der Waals surface area (Å²) in [7, 11) is 0. The topological polar surface area (TPSA) is 59.1 Å². The van der Waals surface area contributed by atoms with E-state index in [1.165, 1.54) is 30.6 Å². The largest absolute Gasteiger partial charge is 0.321 e. The van der Waals surface area contributed by atoms with Crippen LogP contribution in [-0.2, 0) is 6.67 Å². The van der Waals surface area contributed by atoms with Crippen LogP contribution in [0, 0.1) is 11.6 Å². The summed E-state index contributed by atoms with van der Waals surface area (Å²) in [6.07, 6.45) is 3.06. The van der Waals surface area contributed by atoms with Gasteiger partial charge in [-0.15, -0.1) is 0 Å². The molecule has 0 bridgehead atoms. The SMILES string of the molecule is O=C(Nc1cc2cnccc2c(Br)c1C(=O)c1cc(F)ccc1Cl)c1cc(F)cc(CF)c1. The first-order valence-corrected chi connectivity index (χ1v) is 10.7. The van der Waals surface area contributed by atoms with Crippen LogP contribution in [0.15, 0.2) is 65.4 Å². The number of halogens is 5. The van der Waals surface area contributed by atoms with Crippen LogP contribution in [0.4, 0.5) is 18.9 Å². The third-order valence-corrected chi connectivity index (χ3v) is 6.05. The molecule has 1 N–H and O–H groups in total. The van der Waals surface area contributed by atoms with E-state index in [4.69, 9.17) is 11.6 Å². The predicted octanol–water partition coefficient (Wildman–Crippen LogP) is 6.88. The summed E-state index contributed by atoms with van der Waals surface area (Å²) < 4.78 is 41.0. The molecule has 0 aliphatic carbocycles. The number of alkyl halides is 1. The molecular weight excluding hydrogens is 521 g/mol. The molecule has 9 heteroatoms. The van der Waals surface area contributed by atoms with Crippen LogP contribution in [0.3, 0.4) is 0 Å². The lowest BCUT2D eigenvalue weighted by Gasteiger charge is -2.16. The summed E-state index contributed by atoms with van der Waals surface area (Å²) in [6, 6.07) is 9.70. The highest BCUT2D eigenvalue weighted by Crippen LogP contribution is 2.36. The summed E-state index contributed by atoms with van der Waals surface area (Å²) in [5, 5.41) is 3.81. The van der Waals surface area contributed by atoms with Crippen molar-refractivity contribution in [3.63, 3.8) is 0 Å². The van der Waals surface area contributed by atoms with E-state index in [-0.39, 0.29) is 33.0 Å². The van der Waals surface area contributed by atoms with Crippen LogP contribution in [0.2, 0.25) is 5.02 Å². The van der Waals surface area contributed by atoms with Crippen molar-refractivity contribution < 1.29 is 22.8 Å². The highest BCUT2D eigenvalue weighted by molar-refractivity contribution is 9.10. The number of hydrogen-bond acceptors (Lipinski definition) is 3. The number of carbonyl (C=O) groups is 2. The highest BCUT2D eigenvalue weighted by atomic mass is 79.9. The van der Waals surface area contributed by atoms with Crippen molar-refractivity contribution in [1.82, 2.24) is 4.98 Å². The maximum Gasteiger partial charge on any atom is 0.255 e. The molecule has 0 atom stereocenters. The summed E-state index contributed by atoms with van der Waals surface area (Å²) in [5.74, 6) is -2.85. The number of amides is 1. The smallest absolute Gasteiger partial charge is 0.255 e. The first-order chi connectivity index (χ1) is 15.8. The fraction of sp³-hybridized carbons (Fsp3) is 0.0417. The van der Waals surface area contributed by atoms with Gasteiger partial charge in [-0.2, -0.15) is 0 Å². The van der Waals surface area contributed by atoms with Gasteiger partial charge < -0.3 is 5.32 Å². The number of nitrogens with one attached hydrogen (secondary N) is 1. The van der Waals surface area contributed by atoms with Gasteiger partial charge in [-0.25, -0.2) is 13.2 Å². The van der Waals surface area contributed by atoms with Crippen LogP contribution in [-0.4, -0.2) is 16.7 Å². The zero-order chi connectivity index (χ0) is 23.7. The zero-order valence-electron chi connectivity index (χ0n) is 16.6. The van der Waals surface area contributed by atoms with Crippen molar-refractivity contribution in [1.29, 1.82) is 0 Å². The summed E-state index contributed by atoms with van der Waals surface area (Å²) in [4.78, 5) is 30.3. The molecule has 1 amide bonds. The summed E-state index contributed by atoms with van der Waals surface area (Å²) in [6.45, 7) is -0.951. The van der Waals surface area contributed by atoms with Gasteiger partial charge in [0.15, 0.2) is 5.78 Å². The lowest BCUT2D eigenvalue weighted by Crippen LogP contribution is -2.17. The van der Waals surface area contributed by atoms with Crippen LogP contribution >= 0.6 is 27.5 Å². The predicted molar refractivity (Wildman–Crippen MR) is 123 cm³/mol. The number of nitrogens with zero attached hydrogens (tertiary/aromatic N) is 1. The third kappa shape index (κ3) is 4.62. The number of ketones is 1. The number of benzene rings is 3. The number of carbonyl (C=O) groups excluding carboxylic acids is 2. The highest BCUT2D eigenvalue weighted by Gasteiger charge is 2.24. The van der Waals surface area contributed by atoms with E-state index in [1.807, 2.05) is 0 Å². The van der Waals surface area contributed by atoms with E-state index in [0.29, 0.717) is 15.2 Å². The molecule has 0 spiro atoms. The molecule has 166 valence electrons. The molecule has 0 radical (unpaired) electrons. The van der Waals surface area contributed by atoms with Gasteiger partial charge in [-0.3, -0.25) is 14.6 Å². The average Bonchev–Trinajstić information content (AvgIpc) is 2.80. The molecule has 4 rings (SSSR count). The molecule has 0 aliphatic rings. The fourth-order valence-electron chi connectivity index (χ4n) is 3.38. The number of hydrogen-bond donors (Lipinski definition) is 1. The van der Waals surface area contributed by atoms with Crippen LogP contribution in [0.5, 0.6) is 0 Å². The van der Waals surface area contributed by atoms with Crippen molar-refractivity contribution in [2.45, 2.75) is 6.67 Å². The lowest BCUT2D eigenvalue weighted by molar-refractivity contribution is 0.102. The number of fused-ring (bicyclic) bond motifs is 1. The Morgan fingerprint density at radius 1 is 1.03 bits per heavy atom. The lowest BCUT2D eigenvalue weighted by atomic mass is 9.98. The second kappa shape index (κ2) is 9.33. The molecule has 3 aromatic carbocycles. The Morgan fingerprint density at radius 3 is 2.58 bits per heavy atom. The molecular formula is C24H13BrClF3N2O2. The molecule has 33 heavy (non-hydrogen) atoms. The fourth-order valence-corrected chi connectivity index (χ4v) is 4.34. The minimum absolute atomic E-state index is 0.00751. The monoisotopic (exact) mass is 532 g/mol. The molecule has 0 saturated carbocycles. The maximum absolute atomic E-state index is 13.9. The van der Waals surface area contributed by atoms with Gasteiger partial charge in [0.1, 0.15) is 18.3 Å². The average molecular weight is 534 g/mol. The molecule has 0 unspecified atom stereocenters. The second-order valence-corrected chi connectivity index (χ2v) is 8.30. The molecule has 0 fully saturated rings. The van der Waals surface area contributed by atoms with Crippen LogP contribution < -0.4 is 5.32 Å². The van der Waals surface area contributed by atoms with Gasteiger partial charge in [-0.05, 0) is 75.4 Å². The quantitative estimate of drug-likeness (QED) is 0.285. The standard InChI is InChI=1S/C24H13BrClF3N2O2/c25-22-17-3-4-30-11-14(17)8-20(21(22)23(32)18-9-15(28)1-2-19(18)26)31-24(33)13-5-12(10-27)6-16(29)7-13/h1-9,11H,10H2,(H,31,33). The van der Waals surface area contributed by atoms with E-state index in [9.17, 15) is 22.8 Å². The Morgan fingerprint density at radius 2 is 1.82 bits per heavy atom. The first kappa shape index (κ1) is 22.9. The van der Waals surface area contributed by atoms with Crippen LogP contribution in [0.25, 0.3) is 10.8 Å². The number of rotatable bonds is 5. The maximum atomic E-state index is 13.9. The zero-order valence-corrected chi connectivity index (χ0v) is 19.0. The Kier molecular flexibility index (Phi) is 6.49. The third-order valence-electron chi connectivity index (χ3n) is 4.90. The van der Waals surface area contributed by atoms with Gasteiger partial charge in [0.2, 0.25) is 0 Å². The summed E-state index contributed by atoms with van der Waals surface area (Å²) in [5.41, 5.74) is -0.175. The van der Waals surface area contributed by atoms with Gasteiger partial charge in [0.05, 0.1) is 16.3 Å². The minimum Gasteiger partial charge on any atom is -0.321 e. The minimum atomic E-state index is -0.951. The Balaban J connectivity index is 1.87. The normalized spacial score (nSPS) is 10.9. The molecule has 0 saturated heterocycles. The van der Waals surface area contributed by atoms with Gasteiger partial charge in [0.25, 0.3) is 5.91 Å². The van der Waals surface area contributed by atoms with Crippen molar-refractivity contribution in [2.75, 3.05) is 5.32 Å². The molecule has 1 heterocycles. The molecule has 1 aromatic heterocycles. The molecule has 0 aliphatic heterocycles. The molecule has 4 aromatic rings.